The second-order valence-corrected chi connectivity index (χ2v) is 7.99. The minimum absolute atomic E-state index is 0.116. The summed E-state index contributed by atoms with van der Waals surface area (Å²) in [6.45, 7) is 2.38. The lowest BCUT2D eigenvalue weighted by Crippen LogP contribution is -2.41. The second kappa shape index (κ2) is 7.77. The lowest BCUT2D eigenvalue weighted by atomic mass is 9.91. The van der Waals surface area contributed by atoms with E-state index in [0.717, 1.165) is 31.0 Å². The first kappa shape index (κ1) is 18.1. The molecule has 2 aromatic rings. The molecule has 0 bridgehead atoms. The summed E-state index contributed by atoms with van der Waals surface area (Å²) < 4.78 is 0. The number of carbonyl (C=O) groups excluding carboxylic acids is 1. The Bertz CT molecular complexity index is 812. The maximum Gasteiger partial charge on any atom is 0.273 e. The van der Waals surface area contributed by atoms with Gasteiger partial charge >= 0.3 is 0 Å². The monoisotopic (exact) mass is 364 g/mol. The summed E-state index contributed by atoms with van der Waals surface area (Å²) in [6.07, 6.45) is 10.5. The molecule has 5 heteroatoms. The molecule has 1 amide bonds. The summed E-state index contributed by atoms with van der Waals surface area (Å²) in [4.78, 5) is 24.9. The van der Waals surface area contributed by atoms with Gasteiger partial charge in [-0.05, 0) is 42.4 Å². The Labute approximate surface area is 161 Å². The summed E-state index contributed by atoms with van der Waals surface area (Å²) in [5.41, 5.74) is 5.55. The average Bonchev–Trinajstić information content (AvgIpc) is 2.83. The zero-order valence-electron chi connectivity index (χ0n) is 16.3. The Morgan fingerprint density at radius 1 is 1.11 bits per heavy atom. The predicted octanol–water partition coefficient (Wildman–Crippen LogP) is 2.72. The van der Waals surface area contributed by atoms with Crippen molar-refractivity contribution in [3.8, 4) is 0 Å². The Balaban J connectivity index is 1.43. The number of aromatic nitrogens is 2. The van der Waals surface area contributed by atoms with Gasteiger partial charge in [0.15, 0.2) is 0 Å². The minimum Gasteiger partial charge on any atom is -0.343 e. The maximum atomic E-state index is 11.9. The van der Waals surface area contributed by atoms with Crippen LogP contribution in [0.25, 0.3) is 0 Å². The zero-order chi connectivity index (χ0) is 18.8. The van der Waals surface area contributed by atoms with E-state index in [-0.39, 0.29) is 5.91 Å². The van der Waals surface area contributed by atoms with Crippen LogP contribution >= 0.6 is 0 Å². The lowest BCUT2D eigenvalue weighted by Gasteiger charge is -2.36. The molecule has 1 aliphatic carbocycles. The van der Waals surface area contributed by atoms with Crippen LogP contribution < -0.4 is 0 Å². The quantitative estimate of drug-likeness (QED) is 0.837. The standard InChI is InChI=1S/C22H28N4O/c1-25(2)22(27)21-15-23-19(14-24-21)13-16-6-7-17-8-10-26(20-4-3-5-20)11-9-18(17)12-16/h6-7,12,14-15,20H,3-5,8-11,13H2,1-2H3. The van der Waals surface area contributed by atoms with Crippen molar-refractivity contribution in [2.45, 2.75) is 44.6 Å². The SMILES string of the molecule is CN(C)C(=O)c1cnc(Cc2ccc3c(c2)CCN(C2CCC2)CC3)cn1. The van der Waals surface area contributed by atoms with Gasteiger partial charge in [-0.2, -0.15) is 0 Å². The van der Waals surface area contributed by atoms with Gasteiger partial charge in [0.1, 0.15) is 5.69 Å². The number of nitrogens with zero attached hydrogens (tertiary/aromatic N) is 4. The van der Waals surface area contributed by atoms with Crippen molar-refractivity contribution in [2.75, 3.05) is 27.2 Å². The predicted molar refractivity (Wildman–Crippen MR) is 106 cm³/mol. The van der Waals surface area contributed by atoms with Crippen molar-refractivity contribution in [3.05, 3.63) is 58.7 Å². The van der Waals surface area contributed by atoms with Crippen molar-refractivity contribution >= 4 is 5.91 Å². The smallest absolute Gasteiger partial charge is 0.273 e. The third-order valence-electron chi connectivity index (χ3n) is 5.91. The van der Waals surface area contributed by atoms with Crippen LogP contribution in [-0.4, -0.2) is 58.9 Å². The summed E-state index contributed by atoms with van der Waals surface area (Å²) >= 11 is 0. The second-order valence-electron chi connectivity index (χ2n) is 7.99. The third kappa shape index (κ3) is 4.03. The van der Waals surface area contributed by atoms with Crippen LogP contribution in [0.5, 0.6) is 0 Å². The van der Waals surface area contributed by atoms with Crippen LogP contribution in [0.4, 0.5) is 0 Å². The van der Waals surface area contributed by atoms with E-state index in [1.54, 1.807) is 26.5 Å². The summed E-state index contributed by atoms with van der Waals surface area (Å²) in [7, 11) is 3.44. The van der Waals surface area contributed by atoms with E-state index in [0.29, 0.717) is 5.69 Å². The van der Waals surface area contributed by atoms with Gasteiger partial charge in [-0.3, -0.25) is 14.7 Å². The fraction of sp³-hybridized carbons (Fsp3) is 0.500. The molecule has 1 aromatic heterocycles. The number of benzene rings is 1. The molecular weight excluding hydrogens is 336 g/mol. The molecule has 1 saturated carbocycles. The third-order valence-corrected chi connectivity index (χ3v) is 5.91. The minimum atomic E-state index is -0.116. The van der Waals surface area contributed by atoms with E-state index in [4.69, 9.17) is 0 Å². The molecule has 0 N–H and O–H groups in total. The van der Waals surface area contributed by atoms with Gasteiger partial charge in [-0.15, -0.1) is 0 Å². The molecule has 1 fully saturated rings. The van der Waals surface area contributed by atoms with Crippen LogP contribution in [0.15, 0.2) is 30.6 Å². The molecule has 27 heavy (non-hydrogen) atoms. The van der Waals surface area contributed by atoms with Crippen LogP contribution in [0.3, 0.4) is 0 Å². The molecule has 142 valence electrons. The van der Waals surface area contributed by atoms with Gasteiger partial charge in [-0.1, -0.05) is 24.6 Å². The molecule has 2 aliphatic rings. The highest BCUT2D eigenvalue weighted by Gasteiger charge is 2.26. The molecule has 0 unspecified atom stereocenters. The average molecular weight is 364 g/mol. The summed E-state index contributed by atoms with van der Waals surface area (Å²) in [5, 5.41) is 0. The number of carbonyl (C=O) groups is 1. The Kier molecular flexibility index (Phi) is 5.21. The Morgan fingerprint density at radius 3 is 2.52 bits per heavy atom. The first-order valence-electron chi connectivity index (χ1n) is 9.97. The van der Waals surface area contributed by atoms with Gasteiger partial charge in [0, 0.05) is 45.8 Å². The lowest BCUT2D eigenvalue weighted by molar-refractivity contribution is 0.0821. The molecule has 0 spiro atoms. The van der Waals surface area contributed by atoms with Gasteiger partial charge in [0.05, 0.1) is 11.9 Å². The van der Waals surface area contributed by atoms with Crippen molar-refractivity contribution < 1.29 is 4.79 Å². The molecule has 1 aliphatic heterocycles. The van der Waals surface area contributed by atoms with E-state index in [9.17, 15) is 4.79 Å². The first-order chi connectivity index (χ1) is 13.1. The summed E-state index contributed by atoms with van der Waals surface area (Å²) in [6, 6.07) is 7.70. The van der Waals surface area contributed by atoms with Crippen LogP contribution in [0.2, 0.25) is 0 Å². The highest BCUT2D eigenvalue weighted by Crippen LogP contribution is 2.27. The topological polar surface area (TPSA) is 49.3 Å². The highest BCUT2D eigenvalue weighted by molar-refractivity contribution is 5.91. The van der Waals surface area contributed by atoms with Crippen LogP contribution in [-0.2, 0) is 19.3 Å². The molecule has 0 atom stereocenters. The van der Waals surface area contributed by atoms with E-state index < -0.39 is 0 Å². The fourth-order valence-corrected chi connectivity index (χ4v) is 4.02. The van der Waals surface area contributed by atoms with Crippen molar-refractivity contribution in [1.29, 1.82) is 0 Å². The highest BCUT2D eigenvalue weighted by atomic mass is 16.2. The number of amides is 1. The summed E-state index contributed by atoms with van der Waals surface area (Å²) in [5.74, 6) is -0.116. The van der Waals surface area contributed by atoms with Crippen molar-refractivity contribution in [3.63, 3.8) is 0 Å². The van der Waals surface area contributed by atoms with E-state index >= 15 is 0 Å². The molecule has 1 aromatic carbocycles. The van der Waals surface area contributed by atoms with Gasteiger partial charge in [-0.25, -0.2) is 4.98 Å². The molecule has 0 saturated heterocycles. The number of hydrogen-bond acceptors (Lipinski definition) is 4. The molecule has 0 radical (unpaired) electrons. The van der Waals surface area contributed by atoms with E-state index in [1.165, 1.54) is 53.9 Å². The number of hydrogen-bond donors (Lipinski definition) is 0. The van der Waals surface area contributed by atoms with Gasteiger partial charge < -0.3 is 4.90 Å². The Hall–Kier alpha value is -2.27. The van der Waals surface area contributed by atoms with Gasteiger partial charge in [0.2, 0.25) is 0 Å². The van der Waals surface area contributed by atoms with Crippen molar-refractivity contribution in [2.24, 2.45) is 0 Å². The number of fused-ring (bicyclic) bond motifs is 1. The molecular formula is C22H28N4O. The molecule has 5 nitrogen and oxygen atoms in total. The largest absolute Gasteiger partial charge is 0.343 e. The van der Waals surface area contributed by atoms with Crippen molar-refractivity contribution in [1.82, 2.24) is 19.8 Å². The fourth-order valence-electron chi connectivity index (χ4n) is 4.02. The van der Waals surface area contributed by atoms with E-state index in [1.807, 2.05) is 0 Å². The molecule has 4 rings (SSSR count). The van der Waals surface area contributed by atoms with E-state index in [2.05, 4.69) is 33.1 Å². The van der Waals surface area contributed by atoms with Crippen LogP contribution in [0, 0.1) is 0 Å². The number of rotatable bonds is 4. The van der Waals surface area contributed by atoms with Gasteiger partial charge in [0.25, 0.3) is 5.91 Å². The maximum absolute atomic E-state index is 11.9. The first-order valence-corrected chi connectivity index (χ1v) is 9.97. The Morgan fingerprint density at radius 2 is 1.89 bits per heavy atom. The molecule has 2 heterocycles. The normalized spacial score (nSPS) is 17.7. The van der Waals surface area contributed by atoms with Crippen LogP contribution in [0.1, 0.15) is 52.1 Å². The zero-order valence-corrected chi connectivity index (χ0v) is 16.3.